The lowest BCUT2D eigenvalue weighted by atomic mass is 10.1. The minimum absolute atomic E-state index is 0.416. The van der Waals surface area contributed by atoms with Gasteiger partial charge in [0.2, 0.25) is 5.95 Å². The first kappa shape index (κ1) is 16.5. The van der Waals surface area contributed by atoms with Crippen LogP contribution in [0.2, 0.25) is 0 Å². The first-order valence-corrected chi connectivity index (χ1v) is 8.26. The summed E-state index contributed by atoms with van der Waals surface area (Å²) in [5.74, 6) is 2.44. The summed E-state index contributed by atoms with van der Waals surface area (Å²) in [6.07, 6.45) is 5.88. The quantitative estimate of drug-likeness (QED) is 0.878. The van der Waals surface area contributed by atoms with Crippen molar-refractivity contribution in [2.24, 2.45) is 0 Å². The number of anilines is 1. The molecule has 0 amide bonds. The molecule has 0 bridgehead atoms. The third kappa shape index (κ3) is 4.14. The minimum Gasteiger partial charge on any atom is -0.497 e. The highest BCUT2D eigenvalue weighted by molar-refractivity contribution is 5.38. The monoisotopic (exact) mass is 328 g/mol. The Bertz CT molecular complexity index is 628. The summed E-state index contributed by atoms with van der Waals surface area (Å²) in [6.45, 7) is 2.71. The van der Waals surface area contributed by atoms with Crippen LogP contribution >= 0.6 is 0 Å². The normalized spacial score (nSPS) is 17.6. The molecule has 0 saturated carbocycles. The Morgan fingerprint density at radius 1 is 1.12 bits per heavy atom. The molecule has 1 aliphatic rings. The zero-order valence-corrected chi connectivity index (χ0v) is 14.2. The van der Waals surface area contributed by atoms with E-state index in [0.29, 0.717) is 6.04 Å². The van der Waals surface area contributed by atoms with Gasteiger partial charge in [0.05, 0.1) is 14.2 Å². The van der Waals surface area contributed by atoms with Gasteiger partial charge in [0, 0.05) is 44.1 Å². The van der Waals surface area contributed by atoms with Crippen LogP contribution in [-0.4, -0.2) is 43.3 Å². The molecule has 0 radical (unpaired) electrons. The highest BCUT2D eigenvalue weighted by Gasteiger charge is 2.21. The second-order valence-electron chi connectivity index (χ2n) is 5.94. The Kier molecular flexibility index (Phi) is 5.48. The summed E-state index contributed by atoms with van der Waals surface area (Å²) in [5, 5.41) is 3.63. The van der Waals surface area contributed by atoms with Crippen molar-refractivity contribution in [2.75, 3.05) is 32.2 Å². The van der Waals surface area contributed by atoms with Gasteiger partial charge in [-0.3, -0.25) is 0 Å². The number of hydrogen-bond acceptors (Lipinski definition) is 6. The molecule has 1 N–H and O–H groups in total. The average Bonchev–Trinajstić information content (AvgIpc) is 2.67. The van der Waals surface area contributed by atoms with Crippen LogP contribution in [0.3, 0.4) is 0 Å². The largest absolute Gasteiger partial charge is 0.497 e. The van der Waals surface area contributed by atoms with Crippen molar-refractivity contribution < 1.29 is 9.47 Å². The molecule has 1 fully saturated rings. The number of nitrogens with one attached hydrogen (secondary N) is 1. The molecule has 1 aliphatic heterocycles. The first-order chi connectivity index (χ1) is 11.8. The fourth-order valence-corrected chi connectivity index (χ4v) is 3.01. The van der Waals surface area contributed by atoms with Crippen LogP contribution in [0.5, 0.6) is 11.5 Å². The maximum atomic E-state index is 5.33. The predicted molar refractivity (Wildman–Crippen MR) is 93.7 cm³/mol. The summed E-state index contributed by atoms with van der Waals surface area (Å²) in [4.78, 5) is 11.0. The molecule has 6 heteroatoms. The topological polar surface area (TPSA) is 59.5 Å². The summed E-state index contributed by atoms with van der Waals surface area (Å²) < 4.78 is 10.7. The molecule has 0 unspecified atom stereocenters. The molecular weight excluding hydrogens is 304 g/mol. The lowest BCUT2D eigenvalue weighted by molar-refractivity contribution is 0.390. The van der Waals surface area contributed by atoms with Crippen molar-refractivity contribution >= 4 is 5.95 Å². The molecule has 2 heterocycles. The summed E-state index contributed by atoms with van der Waals surface area (Å²) in [7, 11) is 3.34. The van der Waals surface area contributed by atoms with Gasteiger partial charge in [0.15, 0.2) is 0 Å². The Morgan fingerprint density at radius 3 is 2.50 bits per heavy atom. The number of hydrogen-bond donors (Lipinski definition) is 1. The molecule has 1 atom stereocenters. The van der Waals surface area contributed by atoms with Gasteiger partial charge in [0.1, 0.15) is 11.5 Å². The fourth-order valence-electron chi connectivity index (χ4n) is 3.01. The third-order valence-electron chi connectivity index (χ3n) is 4.26. The average molecular weight is 328 g/mol. The van der Waals surface area contributed by atoms with Crippen LogP contribution in [0.4, 0.5) is 5.95 Å². The van der Waals surface area contributed by atoms with Gasteiger partial charge in [0.25, 0.3) is 0 Å². The first-order valence-electron chi connectivity index (χ1n) is 8.26. The lowest BCUT2D eigenvalue weighted by Crippen LogP contribution is -2.46. The predicted octanol–water partition coefficient (Wildman–Crippen LogP) is 2.25. The lowest BCUT2D eigenvalue weighted by Gasteiger charge is -2.33. The second-order valence-corrected chi connectivity index (χ2v) is 5.94. The summed E-state index contributed by atoms with van der Waals surface area (Å²) in [6, 6.07) is 8.23. The van der Waals surface area contributed by atoms with E-state index in [0.717, 1.165) is 55.5 Å². The van der Waals surface area contributed by atoms with Crippen LogP contribution in [0.15, 0.2) is 36.7 Å². The summed E-state index contributed by atoms with van der Waals surface area (Å²) in [5.41, 5.74) is 1.15. The van der Waals surface area contributed by atoms with Crippen molar-refractivity contribution in [3.63, 3.8) is 0 Å². The van der Waals surface area contributed by atoms with Gasteiger partial charge in [-0.05, 0) is 36.6 Å². The number of methoxy groups -OCH3 is 2. The number of nitrogens with zero attached hydrogens (tertiary/aromatic N) is 3. The summed E-state index contributed by atoms with van der Waals surface area (Å²) >= 11 is 0. The number of aromatic nitrogens is 2. The van der Waals surface area contributed by atoms with E-state index in [1.165, 1.54) is 0 Å². The van der Waals surface area contributed by atoms with E-state index in [-0.39, 0.29) is 0 Å². The maximum absolute atomic E-state index is 5.33. The van der Waals surface area contributed by atoms with Crippen molar-refractivity contribution in [2.45, 2.75) is 25.4 Å². The minimum atomic E-state index is 0.416. The Labute approximate surface area is 142 Å². The zero-order chi connectivity index (χ0) is 16.8. The molecule has 1 aromatic heterocycles. The smallest absolute Gasteiger partial charge is 0.225 e. The van der Waals surface area contributed by atoms with Gasteiger partial charge in [-0.25, -0.2) is 9.97 Å². The zero-order valence-electron chi connectivity index (χ0n) is 14.2. The van der Waals surface area contributed by atoms with E-state index >= 15 is 0 Å². The Hall–Kier alpha value is -2.34. The molecule has 0 spiro atoms. The molecule has 6 nitrogen and oxygen atoms in total. The Balaban J connectivity index is 1.60. The van der Waals surface area contributed by atoms with Crippen molar-refractivity contribution in [3.8, 4) is 11.5 Å². The van der Waals surface area contributed by atoms with Crippen molar-refractivity contribution in [3.05, 3.63) is 42.2 Å². The number of benzene rings is 1. The van der Waals surface area contributed by atoms with E-state index in [4.69, 9.17) is 9.47 Å². The van der Waals surface area contributed by atoms with Gasteiger partial charge >= 0.3 is 0 Å². The van der Waals surface area contributed by atoms with Crippen LogP contribution in [0.1, 0.15) is 18.4 Å². The van der Waals surface area contributed by atoms with E-state index < -0.39 is 0 Å². The molecule has 3 rings (SSSR count). The van der Waals surface area contributed by atoms with Crippen molar-refractivity contribution in [1.29, 1.82) is 0 Å². The molecule has 0 aliphatic carbocycles. The third-order valence-corrected chi connectivity index (χ3v) is 4.26. The van der Waals surface area contributed by atoms with Gasteiger partial charge in [-0.2, -0.15) is 0 Å². The molecule has 1 saturated heterocycles. The van der Waals surface area contributed by atoms with Gasteiger partial charge in [-0.1, -0.05) is 0 Å². The molecule has 2 aromatic rings. The highest BCUT2D eigenvalue weighted by Crippen LogP contribution is 2.23. The van der Waals surface area contributed by atoms with Crippen LogP contribution in [-0.2, 0) is 6.54 Å². The van der Waals surface area contributed by atoms with Crippen LogP contribution in [0, 0.1) is 0 Å². The number of ether oxygens (including phenoxy) is 2. The maximum Gasteiger partial charge on any atom is 0.225 e. The molecule has 128 valence electrons. The SMILES string of the molecule is COc1cc(CN[C@@H]2CCCN(c3ncccn3)C2)cc(OC)c1. The molecule has 24 heavy (non-hydrogen) atoms. The van der Waals surface area contributed by atoms with Crippen LogP contribution in [0.25, 0.3) is 0 Å². The standard InChI is InChI=1S/C18H24N4O2/c1-23-16-9-14(10-17(11-16)24-2)12-21-15-5-3-8-22(13-15)18-19-6-4-7-20-18/h4,6-7,9-11,15,21H,3,5,8,12-13H2,1-2H3/t15-/m1/s1. The molecular formula is C18H24N4O2. The Morgan fingerprint density at radius 2 is 1.83 bits per heavy atom. The fraction of sp³-hybridized carbons (Fsp3) is 0.444. The number of piperidine rings is 1. The van der Waals surface area contributed by atoms with E-state index in [1.807, 2.05) is 24.3 Å². The van der Waals surface area contributed by atoms with Gasteiger partial charge < -0.3 is 19.7 Å². The van der Waals surface area contributed by atoms with Crippen LogP contribution < -0.4 is 19.7 Å². The molecule has 1 aromatic carbocycles. The number of rotatable bonds is 6. The van der Waals surface area contributed by atoms with E-state index in [1.54, 1.807) is 26.6 Å². The van der Waals surface area contributed by atoms with Crippen molar-refractivity contribution in [1.82, 2.24) is 15.3 Å². The van der Waals surface area contributed by atoms with E-state index in [2.05, 4.69) is 20.2 Å². The van der Waals surface area contributed by atoms with Gasteiger partial charge in [-0.15, -0.1) is 0 Å². The highest BCUT2D eigenvalue weighted by atomic mass is 16.5. The second kappa shape index (κ2) is 7.97. The van der Waals surface area contributed by atoms with E-state index in [9.17, 15) is 0 Å².